The summed E-state index contributed by atoms with van der Waals surface area (Å²) in [6.45, 7) is 7.37. The highest BCUT2D eigenvalue weighted by Crippen LogP contribution is 2.28. The van der Waals surface area contributed by atoms with E-state index in [-0.39, 0.29) is 12.5 Å². The minimum atomic E-state index is -0.514. The van der Waals surface area contributed by atoms with Crippen LogP contribution in [0.15, 0.2) is 29.2 Å². The lowest BCUT2D eigenvalue weighted by atomic mass is 10.1. The van der Waals surface area contributed by atoms with Gasteiger partial charge in [-0.2, -0.15) is 5.26 Å². The van der Waals surface area contributed by atoms with Crippen LogP contribution in [0.4, 0.5) is 10.5 Å². The molecule has 7 heteroatoms. The Morgan fingerprint density at radius 1 is 1.29 bits per heavy atom. The van der Waals surface area contributed by atoms with Crippen molar-refractivity contribution < 1.29 is 9.59 Å². The molecule has 0 fully saturated rings. The molecule has 1 rings (SSSR count). The van der Waals surface area contributed by atoms with Crippen LogP contribution in [0.2, 0.25) is 0 Å². The van der Waals surface area contributed by atoms with Gasteiger partial charge in [0.05, 0.1) is 18.5 Å². The number of carbonyl (C=O) groups is 2. The second-order valence-corrected chi connectivity index (χ2v) is 7.50. The van der Waals surface area contributed by atoms with Gasteiger partial charge in [-0.1, -0.05) is 12.1 Å². The van der Waals surface area contributed by atoms with Crippen LogP contribution >= 0.6 is 11.8 Å². The Morgan fingerprint density at radius 2 is 1.96 bits per heavy atom. The second kappa shape index (κ2) is 9.18. The predicted molar refractivity (Wildman–Crippen MR) is 96.9 cm³/mol. The normalized spacial score (nSPS) is 12.0. The van der Waals surface area contributed by atoms with Gasteiger partial charge >= 0.3 is 6.03 Å². The first-order valence-electron chi connectivity index (χ1n) is 7.68. The average molecular weight is 348 g/mol. The van der Waals surface area contributed by atoms with Gasteiger partial charge < -0.3 is 10.6 Å². The average Bonchev–Trinajstić information content (AvgIpc) is 2.49. The van der Waals surface area contributed by atoms with E-state index in [1.807, 2.05) is 52.0 Å². The standard InChI is InChI=1S/C17H24N4O2S/c1-12(9-18)11-24-14-8-6-5-7-13(14)19-10-15(22)20-16(23)21-17(2,3)4/h5-8,12,19H,10-11H2,1-4H3,(H2,20,21,22,23). The van der Waals surface area contributed by atoms with E-state index < -0.39 is 17.5 Å². The number of carbonyl (C=O) groups excluding carboxylic acids is 2. The SMILES string of the molecule is CC(C#N)CSc1ccccc1NCC(=O)NC(=O)NC(C)(C)C. The van der Waals surface area contributed by atoms with E-state index in [0.29, 0.717) is 5.75 Å². The molecule has 0 bridgehead atoms. The first-order valence-corrected chi connectivity index (χ1v) is 8.67. The minimum Gasteiger partial charge on any atom is -0.375 e. The number of amides is 3. The molecule has 3 N–H and O–H groups in total. The summed E-state index contributed by atoms with van der Waals surface area (Å²) in [7, 11) is 0. The van der Waals surface area contributed by atoms with Crippen LogP contribution in [0.5, 0.6) is 0 Å². The van der Waals surface area contributed by atoms with E-state index in [9.17, 15) is 9.59 Å². The lowest BCUT2D eigenvalue weighted by molar-refractivity contribution is -0.118. The molecule has 0 saturated carbocycles. The van der Waals surface area contributed by atoms with Crippen molar-refractivity contribution in [2.24, 2.45) is 5.92 Å². The van der Waals surface area contributed by atoms with Crippen molar-refractivity contribution in [3.63, 3.8) is 0 Å². The van der Waals surface area contributed by atoms with Gasteiger partial charge in [0.25, 0.3) is 0 Å². The maximum absolute atomic E-state index is 11.9. The van der Waals surface area contributed by atoms with Gasteiger partial charge in [0.15, 0.2) is 0 Å². The Kier molecular flexibility index (Phi) is 7.59. The first kappa shape index (κ1) is 19.8. The Labute approximate surface area is 147 Å². The zero-order chi connectivity index (χ0) is 18.2. The number of benzene rings is 1. The molecule has 0 aromatic heterocycles. The molecular formula is C17H24N4O2S. The lowest BCUT2D eigenvalue weighted by Gasteiger charge is -2.20. The van der Waals surface area contributed by atoms with E-state index in [4.69, 9.17) is 5.26 Å². The van der Waals surface area contributed by atoms with E-state index in [2.05, 4.69) is 22.0 Å². The summed E-state index contributed by atoms with van der Waals surface area (Å²) in [5, 5.41) is 16.8. The molecule has 0 spiro atoms. The molecule has 0 aliphatic carbocycles. The molecular weight excluding hydrogens is 324 g/mol. The zero-order valence-electron chi connectivity index (χ0n) is 14.5. The fourth-order valence-electron chi connectivity index (χ4n) is 1.71. The third kappa shape index (κ3) is 7.88. The Bertz CT molecular complexity index is 620. The molecule has 0 heterocycles. The van der Waals surface area contributed by atoms with Gasteiger partial charge in [-0.3, -0.25) is 10.1 Å². The molecule has 1 aromatic rings. The number of nitriles is 1. The Balaban J connectivity index is 2.54. The predicted octanol–water partition coefficient (Wildman–Crippen LogP) is 2.97. The number of thioether (sulfide) groups is 1. The number of rotatable bonds is 6. The first-order chi connectivity index (χ1) is 11.2. The van der Waals surface area contributed by atoms with Crippen LogP contribution in [0.3, 0.4) is 0 Å². The van der Waals surface area contributed by atoms with E-state index in [1.165, 1.54) is 0 Å². The van der Waals surface area contributed by atoms with E-state index in [1.54, 1.807) is 11.8 Å². The van der Waals surface area contributed by atoms with Crippen LogP contribution in [-0.4, -0.2) is 29.8 Å². The van der Waals surface area contributed by atoms with Crippen molar-refractivity contribution in [1.29, 1.82) is 5.26 Å². The van der Waals surface area contributed by atoms with Gasteiger partial charge in [-0.05, 0) is 39.8 Å². The fraction of sp³-hybridized carbons (Fsp3) is 0.471. The summed E-state index contributed by atoms with van der Waals surface area (Å²) in [5.41, 5.74) is 0.400. The summed E-state index contributed by atoms with van der Waals surface area (Å²) in [4.78, 5) is 24.5. The molecule has 1 aromatic carbocycles. The summed E-state index contributed by atoms with van der Waals surface area (Å²) in [6.07, 6.45) is 0. The monoisotopic (exact) mass is 348 g/mol. The number of nitrogens with zero attached hydrogens (tertiary/aromatic N) is 1. The Hall–Kier alpha value is -2.20. The van der Waals surface area contributed by atoms with Gasteiger partial charge in [-0.15, -0.1) is 11.8 Å². The molecule has 1 unspecified atom stereocenters. The van der Waals surface area contributed by atoms with Crippen LogP contribution in [-0.2, 0) is 4.79 Å². The summed E-state index contributed by atoms with van der Waals surface area (Å²) in [6, 6.07) is 9.25. The number of para-hydroxylation sites is 1. The van der Waals surface area contributed by atoms with Crippen LogP contribution in [0.25, 0.3) is 0 Å². The molecule has 0 aliphatic rings. The van der Waals surface area contributed by atoms with Crippen molar-refractivity contribution >= 4 is 29.4 Å². The second-order valence-electron chi connectivity index (χ2n) is 6.44. The van der Waals surface area contributed by atoms with Gasteiger partial charge in [0.1, 0.15) is 0 Å². The van der Waals surface area contributed by atoms with Crippen molar-refractivity contribution in [2.45, 2.75) is 38.1 Å². The van der Waals surface area contributed by atoms with Crippen LogP contribution < -0.4 is 16.0 Å². The fourth-order valence-corrected chi connectivity index (χ4v) is 2.68. The number of hydrogen-bond acceptors (Lipinski definition) is 5. The molecule has 6 nitrogen and oxygen atoms in total. The summed E-state index contributed by atoms with van der Waals surface area (Å²) in [5.74, 6) is 0.212. The molecule has 0 aliphatic heterocycles. The molecule has 24 heavy (non-hydrogen) atoms. The van der Waals surface area contributed by atoms with Crippen LogP contribution in [0.1, 0.15) is 27.7 Å². The highest BCUT2D eigenvalue weighted by molar-refractivity contribution is 7.99. The van der Waals surface area contributed by atoms with Crippen LogP contribution in [0, 0.1) is 17.2 Å². The third-order valence-electron chi connectivity index (χ3n) is 2.78. The number of urea groups is 1. The maximum atomic E-state index is 11.9. The third-order valence-corrected chi connectivity index (χ3v) is 4.11. The minimum absolute atomic E-state index is 0.0110. The topological polar surface area (TPSA) is 94.0 Å². The highest BCUT2D eigenvalue weighted by Gasteiger charge is 2.15. The van der Waals surface area contributed by atoms with E-state index >= 15 is 0 Å². The molecule has 1 atom stereocenters. The molecule has 0 radical (unpaired) electrons. The molecule has 3 amide bonds. The lowest BCUT2D eigenvalue weighted by Crippen LogP contribution is -2.49. The highest BCUT2D eigenvalue weighted by atomic mass is 32.2. The van der Waals surface area contributed by atoms with Gasteiger partial charge in [0, 0.05) is 21.9 Å². The quantitative estimate of drug-likeness (QED) is 0.687. The summed E-state index contributed by atoms with van der Waals surface area (Å²) >= 11 is 1.56. The molecule has 130 valence electrons. The number of nitrogens with one attached hydrogen (secondary N) is 3. The molecule has 0 saturated heterocycles. The number of hydrogen-bond donors (Lipinski definition) is 3. The smallest absolute Gasteiger partial charge is 0.321 e. The van der Waals surface area contributed by atoms with Crippen molar-refractivity contribution in [2.75, 3.05) is 17.6 Å². The van der Waals surface area contributed by atoms with Crippen molar-refractivity contribution in [3.05, 3.63) is 24.3 Å². The Morgan fingerprint density at radius 3 is 2.58 bits per heavy atom. The maximum Gasteiger partial charge on any atom is 0.321 e. The van der Waals surface area contributed by atoms with Crippen molar-refractivity contribution in [3.8, 4) is 6.07 Å². The largest absolute Gasteiger partial charge is 0.375 e. The number of anilines is 1. The zero-order valence-corrected chi connectivity index (χ0v) is 15.3. The van der Waals surface area contributed by atoms with Gasteiger partial charge in [0.2, 0.25) is 5.91 Å². The number of imide groups is 1. The van der Waals surface area contributed by atoms with E-state index in [0.717, 1.165) is 10.6 Å². The van der Waals surface area contributed by atoms with Crippen molar-refractivity contribution in [1.82, 2.24) is 10.6 Å². The van der Waals surface area contributed by atoms with Gasteiger partial charge in [-0.25, -0.2) is 4.79 Å². The summed E-state index contributed by atoms with van der Waals surface area (Å²) < 4.78 is 0.